The van der Waals surface area contributed by atoms with Gasteiger partial charge in [-0.15, -0.1) is 0 Å². The number of imidazole rings is 1. The third-order valence-corrected chi connectivity index (χ3v) is 4.66. The van der Waals surface area contributed by atoms with Gasteiger partial charge in [-0.2, -0.15) is 26.3 Å². The van der Waals surface area contributed by atoms with Crippen LogP contribution in [0.1, 0.15) is 40.7 Å². The van der Waals surface area contributed by atoms with E-state index < -0.39 is 35.0 Å². The van der Waals surface area contributed by atoms with E-state index in [2.05, 4.69) is 10.3 Å². The molecule has 0 spiro atoms. The van der Waals surface area contributed by atoms with E-state index in [9.17, 15) is 31.1 Å². The SMILES string of the molecule is CCCn1c(CCNC(=O)c2cc(C(F)(F)F)cc(C(F)(F)F)c2)nc2ccccc21. The fourth-order valence-electron chi connectivity index (χ4n) is 3.27. The van der Waals surface area contributed by atoms with Crippen LogP contribution >= 0.6 is 0 Å². The van der Waals surface area contributed by atoms with Crippen LogP contribution in [0.3, 0.4) is 0 Å². The van der Waals surface area contributed by atoms with Crippen LogP contribution in [-0.4, -0.2) is 22.0 Å². The van der Waals surface area contributed by atoms with Gasteiger partial charge in [-0.3, -0.25) is 4.79 Å². The Morgan fingerprint density at radius 2 is 1.61 bits per heavy atom. The summed E-state index contributed by atoms with van der Waals surface area (Å²) in [4.78, 5) is 16.8. The van der Waals surface area contributed by atoms with Crippen molar-refractivity contribution < 1.29 is 31.1 Å². The van der Waals surface area contributed by atoms with Crippen LogP contribution in [0.5, 0.6) is 0 Å². The first kappa shape index (κ1) is 22.6. The third-order valence-electron chi connectivity index (χ3n) is 4.66. The number of para-hydroxylation sites is 2. The van der Waals surface area contributed by atoms with Crippen molar-refractivity contribution in [2.45, 2.75) is 38.7 Å². The Hall–Kier alpha value is -3.04. The zero-order valence-corrected chi connectivity index (χ0v) is 16.4. The summed E-state index contributed by atoms with van der Waals surface area (Å²) in [6.07, 6.45) is -8.92. The summed E-state index contributed by atoms with van der Waals surface area (Å²) >= 11 is 0. The molecule has 0 radical (unpaired) electrons. The van der Waals surface area contributed by atoms with Gasteiger partial charge in [0.15, 0.2) is 0 Å². The predicted molar refractivity (Wildman–Crippen MR) is 103 cm³/mol. The summed E-state index contributed by atoms with van der Waals surface area (Å²) in [5, 5.41) is 2.39. The number of nitrogens with one attached hydrogen (secondary N) is 1. The number of carbonyl (C=O) groups excluding carboxylic acids is 1. The first-order valence-corrected chi connectivity index (χ1v) is 9.52. The maximum atomic E-state index is 13.0. The fraction of sp³-hybridized carbons (Fsp3) is 0.333. The normalized spacial score (nSPS) is 12.4. The Balaban J connectivity index is 1.79. The Kier molecular flexibility index (Phi) is 6.28. The molecule has 3 aromatic rings. The molecular weight excluding hydrogens is 424 g/mol. The number of hydrogen-bond donors (Lipinski definition) is 1. The number of halogens is 6. The first-order valence-electron chi connectivity index (χ1n) is 9.52. The molecule has 31 heavy (non-hydrogen) atoms. The fourth-order valence-corrected chi connectivity index (χ4v) is 3.27. The van der Waals surface area contributed by atoms with Crippen molar-refractivity contribution in [1.82, 2.24) is 14.9 Å². The molecule has 3 rings (SSSR count). The van der Waals surface area contributed by atoms with Gasteiger partial charge in [0.1, 0.15) is 5.82 Å². The van der Waals surface area contributed by atoms with Crippen LogP contribution < -0.4 is 5.32 Å². The highest BCUT2D eigenvalue weighted by Crippen LogP contribution is 2.36. The van der Waals surface area contributed by atoms with Crippen LogP contribution in [0.2, 0.25) is 0 Å². The molecule has 0 atom stereocenters. The Bertz CT molecular complexity index is 1050. The van der Waals surface area contributed by atoms with E-state index in [1.165, 1.54) is 0 Å². The molecule has 166 valence electrons. The largest absolute Gasteiger partial charge is 0.416 e. The average molecular weight is 443 g/mol. The van der Waals surface area contributed by atoms with Crippen molar-refractivity contribution in [3.63, 3.8) is 0 Å². The van der Waals surface area contributed by atoms with Gasteiger partial charge in [0, 0.05) is 25.1 Å². The molecule has 0 fully saturated rings. The van der Waals surface area contributed by atoms with Crippen molar-refractivity contribution in [3.05, 3.63) is 65.0 Å². The average Bonchev–Trinajstić information content (AvgIpc) is 3.04. The summed E-state index contributed by atoms with van der Waals surface area (Å²) < 4.78 is 79.9. The highest BCUT2D eigenvalue weighted by molar-refractivity contribution is 5.94. The van der Waals surface area contributed by atoms with E-state index in [0.29, 0.717) is 24.5 Å². The number of amides is 1. The van der Waals surface area contributed by atoms with Crippen molar-refractivity contribution in [2.24, 2.45) is 0 Å². The highest BCUT2D eigenvalue weighted by Gasteiger charge is 2.37. The van der Waals surface area contributed by atoms with Crippen molar-refractivity contribution in [2.75, 3.05) is 6.54 Å². The summed E-state index contributed by atoms with van der Waals surface area (Å²) in [6.45, 7) is 2.68. The Morgan fingerprint density at radius 3 is 2.19 bits per heavy atom. The molecule has 2 aromatic carbocycles. The molecule has 0 saturated heterocycles. The van der Waals surface area contributed by atoms with E-state index in [1.54, 1.807) is 0 Å². The second-order valence-corrected chi connectivity index (χ2v) is 6.97. The van der Waals surface area contributed by atoms with Crippen LogP contribution in [0.25, 0.3) is 11.0 Å². The minimum Gasteiger partial charge on any atom is -0.352 e. The van der Waals surface area contributed by atoms with Gasteiger partial charge in [-0.05, 0) is 36.8 Å². The zero-order valence-electron chi connectivity index (χ0n) is 16.4. The maximum absolute atomic E-state index is 13.0. The molecule has 0 bridgehead atoms. The van der Waals surface area contributed by atoms with Gasteiger partial charge < -0.3 is 9.88 Å². The Morgan fingerprint density at radius 1 is 1.00 bits per heavy atom. The molecule has 1 N–H and O–H groups in total. The van der Waals surface area contributed by atoms with Gasteiger partial charge in [0.05, 0.1) is 22.2 Å². The molecule has 1 heterocycles. The highest BCUT2D eigenvalue weighted by atomic mass is 19.4. The quantitative estimate of drug-likeness (QED) is 0.515. The van der Waals surface area contributed by atoms with E-state index >= 15 is 0 Å². The lowest BCUT2D eigenvalue weighted by Gasteiger charge is -2.14. The molecule has 0 unspecified atom stereocenters. The van der Waals surface area contributed by atoms with Crippen molar-refractivity contribution >= 4 is 16.9 Å². The van der Waals surface area contributed by atoms with Gasteiger partial charge in [-0.25, -0.2) is 4.98 Å². The molecule has 1 aromatic heterocycles. The number of fused-ring (bicyclic) bond motifs is 1. The molecule has 0 aliphatic heterocycles. The summed E-state index contributed by atoms with van der Waals surface area (Å²) in [5.41, 5.74) is -2.08. The standard InChI is InChI=1S/C21H19F6N3O/c1-2-9-30-17-6-4-3-5-16(17)29-18(30)7-8-28-19(31)13-10-14(20(22,23)24)12-15(11-13)21(25,26)27/h3-6,10-12H,2,7-9H2,1H3,(H,28,31). The number of nitrogens with zero attached hydrogens (tertiary/aromatic N) is 2. The van der Waals surface area contributed by atoms with E-state index in [4.69, 9.17) is 0 Å². The van der Waals surface area contributed by atoms with Gasteiger partial charge >= 0.3 is 12.4 Å². The van der Waals surface area contributed by atoms with E-state index in [0.717, 1.165) is 17.5 Å². The minimum absolute atomic E-state index is 0.00344. The topological polar surface area (TPSA) is 46.9 Å². The molecule has 1 amide bonds. The number of aryl methyl sites for hydroxylation is 1. The van der Waals surface area contributed by atoms with E-state index in [1.807, 2.05) is 35.8 Å². The summed E-state index contributed by atoms with van der Waals surface area (Å²) in [6, 6.07) is 8.26. The van der Waals surface area contributed by atoms with Crippen molar-refractivity contribution in [3.8, 4) is 0 Å². The lowest BCUT2D eigenvalue weighted by molar-refractivity contribution is -0.143. The number of benzene rings is 2. The molecular formula is C21H19F6N3O. The smallest absolute Gasteiger partial charge is 0.352 e. The van der Waals surface area contributed by atoms with Crippen LogP contribution in [0, 0.1) is 0 Å². The predicted octanol–water partition coefficient (Wildman–Crippen LogP) is 5.46. The lowest BCUT2D eigenvalue weighted by Crippen LogP contribution is -2.27. The van der Waals surface area contributed by atoms with Crippen LogP contribution in [-0.2, 0) is 25.3 Å². The van der Waals surface area contributed by atoms with Gasteiger partial charge in [0.2, 0.25) is 0 Å². The molecule has 0 aliphatic rings. The number of alkyl halides is 6. The first-order chi connectivity index (χ1) is 14.5. The zero-order chi connectivity index (χ0) is 22.8. The maximum Gasteiger partial charge on any atom is 0.416 e. The number of carbonyl (C=O) groups is 1. The number of rotatable bonds is 6. The third kappa shape index (κ3) is 5.18. The summed E-state index contributed by atoms with van der Waals surface area (Å²) in [5.74, 6) is -0.349. The second kappa shape index (κ2) is 8.60. The Labute approximate surface area is 173 Å². The molecule has 0 aliphatic carbocycles. The molecule has 0 saturated carbocycles. The monoisotopic (exact) mass is 443 g/mol. The molecule has 4 nitrogen and oxygen atoms in total. The number of aromatic nitrogens is 2. The minimum atomic E-state index is -5.01. The van der Waals surface area contributed by atoms with Gasteiger partial charge in [-0.1, -0.05) is 19.1 Å². The summed E-state index contributed by atoms with van der Waals surface area (Å²) in [7, 11) is 0. The van der Waals surface area contributed by atoms with E-state index in [-0.39, 0.29) is 19.0 Å². The second-order valence-electron chi connectivity index (χ2n) is 6.97. The number of hydrogen-bond acceptors (Lipinski definition) is 2. The van der Waals surface area contributed by atoms with Crippen molar-refractivity contribution in [1.29, 1.82) is 0 Å². The molecule has 10 heteroatoms. The van der Waals surface area contributed by atoms with Crippen LogP contribution in [0.15, 0.2) is 42.5 Å². The lowest BCUT2D eigenvalue weighted by atomic mass is 10.0. The van der Waals surface area contributed by atoms with Crippen LogP contribution in [0.4, 0.5) is 26.3 Å². The van der Waals surface area contributed by atoms with Gasteiger partial charge in [0.25, 0.3) is 5.91 Å².